The zero-order valence-electron chi connectivity index (χ0n) is 9.08. The predicted molar refractivity (Wildman–Crippen MR) is 59.4 cm³/mol. The summed E-state index contributed by atoms with van der Waals surface area (Å²) in [4.78, 5) is 3.12. The number of halogens is 5. The van der Waals surface area contributed by atoms with Crippen LogP contribution in [0.1, 0.15) is 23.3 Å². The molecule has 0 saturated carbocycles. The van der Waals surface area contributed by atoms with Gasteiger partial charge in [0.25, 0.3) is 0 Å². The molecule has 4 nitrogen and oxygen atoms in total. The monoisotopic (exact) mass is 339 g/mol. The van der Waals surface area contributed by atoms with Gasteiger partial charge in [0.05, 0.1) is 6.04 Å². The highest BCUT2D eigenvalue weighted by molar-refractivity contribution is 9.10. The van der Waals surface area contributed by atoms with Crippen molar-refractivity contribution in [3.8, 4) is 0 Å². The number of hydrogen-bond donors (Lipinski definition) is 1. The lowest BCUT2D eigenvalue weighted by atomic mass is 10.1. The second-order valence-corrected chi connectivity index (χ2v) is 4.51. The van der Waals surface area contributed by atoms with Crippen LogP contribution in [0.5, 0.6) is 0 Å². The van der Waals surface area contributed by atoms with Crippen LogP contribution in [0.15, 0.2) is 27.2 Å². The van der Waals surface area contributed by atoms with E-state index in [4.69, 9.17) is 5.73 Å². The van der Waals surface area contributed by atoms with Gasteiger partial charge in [-0.15, -0.1) is 0 Å². The van der Waals surface area contributed by atoms with Gasteiger partial charge in [-0.05, 0) is 12.1 Å². The first-order valence-corrected chi connectivity index (χ1v) is 5.69. The highest BCUT2D eigenvalue weighted by atomic mass is 79.9. The third-order valence-electron chi connectivity index (χ3n) is 2.26. The van der Waals surface area contributed by atoms with Gasteiger partial charge in [-0.25, -0.2) is 4.39 Å². The van der Waals surface area contributed by atoms with Crippen molar-refractivity contribution in [3.63, 3.8) is 0 Å². The van der Waals surface area contributed by atoms with Gasteiger partial charge in [-0.3, -0.25) is 0 Å². The number of aromatic nitrogens is 2. The van der Waals surface area contributed by atoms with Crippen molar-refractivity contribution < 1.29 is 22.1 Å². The van der Waals surface area contributed by atoms with Gasteiger partial charge in [-0.2, -0.15) is 18.2 Å². The van der Waals surface area contributed by atoms with E-state index in [2.05, 4.69) is 30.6 Å². The highest BCUT2D eigenvalue weighted by Crippen LogP contribution is 2.29. The van der Waals surface area contributed by atoms with Crippen LogP contribution in [0.2, 0.25) is 0 Å². The summed E-state index contributed by atoms with van der Waals surface area (Å²) in [7, 11) is 0. The molecule has 1 heterocycles. The topological polar surface area (TPSA) is 64.9 Å². The molecule has 0 spiro atoms. The van der Waals surface area contributed by atoms with Gasteiger partial charge in [0, 0.05) is 10.0 Å². The van der Waals surface area contributed by atoms with E-state index in [0.29, 0.717) is 4.47 Å². The average molecular weight is 340 g/mol. The Morgan fingerprint density at radius 3 is 2.53 bits per heavy atom. The molecule has 0 fully saturated rings. The Kier molecular flexibility index (Phi) is 3.59. The molecule has 0 aliphatic rings. The van der Waals surface area contributed by atoms with Gasteiger partial charge in [0.1, 0.15) is 5.82 Å². The SMILES string of the molecule is NC(c1noc(C(F)(F)F)n1)c1ccc(Br)cc1F. The molecule has 2 rings (SSSR count). The van der Waals surface area contributed by atoms with Crippen LogP contribution in [-0.2, 0) is 6.18 Å². The molecule has 0 aliphatic heterocycles. The first-order chi connectivity index (χ1) is 8.79. The fraction of sp³-hybridized carbons (Fsp3) is 0.200. The molecule has 1 unspecified atom stereocenters. The third-order valence-corrected chi connectivity index (χ3v) is 2.75. The fourth-order valence-electron chi connectivity index (χ4n) is 1.37. The summed E-state index contributed by atoms with van der Waals surface area (Å²) >= 11 is 3.05. The summed E-state index contributed by atoms with van der Waals surface area (Å²) in [6.07, 6.45) is -4.76. The van der Waals surface area contributed by atoms with Gasteiger partial charge < -0.3 is 10.3 Å². The minimum atomic E-state index is -4.76. The van der Waals surface area contributed by atoms with Crippen LogP contribution < -0.4 is 5.73 Å². The summed E-state index contributed by atoms with van der Waals surface area (Å²) in [5.41, 5.74) is 5.59. The third kappa shape index (κ3) is 2.92. The molecule has 9 heteroatoms. The largest absolute Gasteiger partial charge is 0.471 e. The first kappa shape index (κ1) is 13.9. The van der Waals surface area contributed by atoms with Crippen molar-refractivity contribution in [1.29, 1.82) is 0 Å². The maximum atomic E-state index is 13.6. The molecule has 1 aromatic heterocycles. The Bertz CT molecular complexity index is 599. The van der Waals surface area contributed by atoms with E-state index in [9.17, 15) is 17.6 Å². The van der Waals surface area contributed by atoms with Crippen LogP contribution in [0.25, 0.3) is 0 Å². The van der Waals surface area contributed by atoms with Crippen molar-refractivity contribution in [3.05, 3.63) is 45.8 Å². The summed E-state index contributed by atoms with van der Waals surface area (Å²) in [5, 5.41) is 3.11. The second kappa shape index (κ2) is 4.89. The zero-order valence-corrected chi connectivity index (χ0v) is 10.7. The molecule has 0 bridgehead atoms. The van der Waals surface area contributed by atoms with Gasteiger partial charge in [0.2, 0.25) is 0 Å². The van der Waals surface area contributed by atoms with Crippen LogP contribution >= 0.6 is 15.9 Å². The van der Waals surface area contributed by atoms with Gasteiger partial charge in [-0.1, -0.05) is 27.2 Å². The number of hydrogen-bond acceptors (Lipinski definition) is 4. The van der Waals surface area contributed by atoms with Crippen molar-refractivity contribution in [2.45, 2.75) is 12.2 Å². The van der Waals surface area contributed by atoms with E-state index in [0.717, 1.165) is 6.07 Å². The minimum Gasteiger partial charge on any atom is -0.329 e. The molecular formula is C10H6BrF4N3O. The van der Waals surface area contributed by atoms with Gasteiger partial charge in [0.15, 0.2) is 5.82 Å². The molecule has 102 valence electrons. The molecule has 0 saturated heterocycles. The van der Waals surface area contributed by atoms with E-state index >= 15 is 0 Å². The van der Waals surface area contributed by atoms with Crippen molar-refractivity contribution in [2.75, 3.05) is 0 Å². The Balaban J connectivity index is 2.34. The molecule has 0 amide bonds. The van der Waals surface area contributed by atoms with Crippen LogP contribution in [0.3, 0.4) is 0 Å². The minimum absolute atomic E-state index is 0.0299. The Morgan fingerprint density at radius 1 is 1.32 bits per heavy atom. The lowest BCUT2D eigenvalue weighted by Gasteiger charge is -2.08. The summed E-state index contributed by atoms with van der Waals surface area (Å²) in [5.74, 6) is -2.63. The number of nitrogens with two attached hydrogens (primary N) is 1. The van der Waals surface area contributed by atoms with Crippen LogP contribution in [0, 0.1) is 5.82 Å². The molecule has 19 heavy (non-hydrogen) atoms. The van der Waals surface area contributed by atoms with E-state index in [1.54, 1.807) is 0 Å². The molecule has 0 radical (unpaired) electrons. The van der Waals surface area contributed by atoms with E-state index < -0.39 is 29.8 Å². The summed E-state index contributed by atoms with van der Waals surface area (Å²) in [6, 6.07) is 2.73. The zero-order chi connectivity index (χ0) is 14.2. The Labute approximate surface area is 112 Å². The van der Waals surface area contributed by atoms with E-state index in [1.807, 2.05) is 0 Å². The maximum absolute atomic E-state index is 13.6. The average Bonchev–Trinajstić information content (AvgIpc) is 2.76. The Hall–Kier alpha value is -1.48. The first-order valence-electron chi connectivity index (χ1n) is 4.90. The predicted octanol–water partition coefficient (Wildman–Crippen LogP) is 3.04. The molecule has 2 N–H and O–H groups in total. The number of nitrogens with zero attached hydrogens (tertiary/aromatic N) is 2. The Morgan fingerprint density at radius 2 is 2.00 bits per heavy atom. The van der Waals surface area contributed by atoms with Crippen LogP contribution in [0.4, 0.5) is 17.6 Å². The highest BCUT2D eigenvalue weighted by Gasteiger charge is 2.39. The smallest absolute Gasteiger partial charge is 0.329 e. The molecular weight excluding hydrogens is 334 g/mol. The maximum Gasteiger partial charge on any atom is 0.471 e. The second-order valence-electron chi connectivity index (χ2n) is 3.60. The van der Waals surface area contributed by atoms with Crippen LogP contribution in [-0.4, -0.2) is 10.1 Å². The number of alkyl halides is 3. The van der Waals surface area contributed by atoms with Crippen molar-refractivity contribution in [2.24, 2.45) is 5.73 Å². The number of benzene rings is 1. The van der Waals surface area contributed by atoms with Gasteiger partial charge >= 0.3 is 12.1 Å². The van der Waals surface area contributed by atoms with E-state index in [-0.39, 0.29) is 5.56 Å². The summed E-state index contributed by atoms with van der Waals surface area (Å²) < 4.78 is 55.0. The number of rotatable bonds is 2. The summed E-state index contributed by atoms with van der Waals surface area (Å²) in [6.45, 7) is 0. The molecule has 2 aromatic rings. The molecule has 1 aromatic carbocycles. The van der Waals surface area contributed by atoms with E-state index in [1.165, 1.54) is 12.1 Å². The standard InChI is InChI=1S/C10H6BrF4N3O/c11-4-1-2-5(6(12)3-4)7(16)8-17-9(19-18-8)10(13,14)15/h1-3,7H,16H2. The van der Waals surface area contributed by atoms with Crippen molar-refractivity contribution in [1.82, 2.24) is 10.1 Å². The molecule has 0 aliphatic carbocycles. The lowest BCUT2D eigenvalue weighted by Crippen LogP contribution is -2.16. The quantitative estimate of drug-likeness (QED) is 0.854. The molecule has 1 atom stereocenters. The van der Waals surface area contributed by atoms with Crippen molar-refractivity contribution >= 4 is 15.9 Å². The lowest BCUT2D eigenvalue weighted by molar-refractivity contribution is -0.159. The normalized spacial score (nSPS) is 13.6. The fourth-order valence-corrected chi connectivity index (χ4v) is 1.70.